The van der Waals surface area contributed by atoms with Gasteiger partial charge in [-0.25, -0.2) is 15.0 Å². The third kappa shape index (κ3) is 3.04. The van der Waals surface area contributed by atoms with E-state index in [1.54, 1.807) is 0 Å². The van der Waals surface area contributed by atoms with Crippen LogP contribution in [0.4, 0.5) is 5.82 Å². The molecule has 0 aliphatic carbocycles. The van der Waals surface area contributed by atoms with E-state index in [0.717, 1.165) is 0 Å². The quantitative estimate of drug-likeness (QED) is 0.408. The van der Waals surface area contributed by atoms with E-state index in [-0.39, 0.29) is 18.7 Å². The number of rotatable bonds is 6. The maximum atomic E-state index is 10.2. The first-order valence-electron chi connectivity index (χ1n) is 8.63. The molecule has 1 saturated heterocycles. The van der Waals surface area contributed by atoms with Crippen molar-refractivity contribution in [2.75, 3.05) is 25.6 Å². The molecule has 12 nitrogen and oxygen atoms in total. The van der Waals surface area contributed by atoms with Gasteiger partial charge in [-0.1, -0.05) is 0 Å². The number of aliphatic hydroxyl groups excluding tert-OH is 4. The molecule has 5 N–H and O–H groups in total. The van der Waals surface area contributed by atoms with Gasteiger partial charge in [0, 0.05) is 7.11 Å². The molecule has 0 saturated carbocycles. The number of hydrogen-bond donors (Lipinski definition) is 5. The highest BCUT2D eigenvalue weighted by molar-refractivity contribution is 5.82. The second kappa shape index (κ2) is 7.14. The number of fused-ring (bicyclic) bond motifs is 1. The molecule has 12 heteroatoms. The van der Waals surface area contributed by atoms with Gasteiger partial charge in [0.05, 0.1) is 25.9 Å². The Hall–Kier alpha value is -2.51. The van der Waals surface area contributed by atoms with Crippen LogP contribution in [0.5, 0.6) is 0 Å². The lowest BCUT2D eigenvalue weighted by Crippen LogP contribution is -2.38. The van der Waals surface area contributed by atoms with E-state index in [2.05, 4.69) is 20.3 Å². The first-order chi connectivity index (χ1) is 13.5. The summed E-state index contributed by atoms with van der Waals surface area (Å²) >= 11 is 0. The maximum Gasteiger partial charge on any atom is 0.234 e. The molecule has 0 aromatic carbocycles. The molecule has 0 amide bonds. The molecule has 0 bridgehead atoms. The van der Waals surface area contributed by atoms with Crippen LogP contribution >= 0.6 is 0 Å². The Balaban J connectivity index is 1.58. The third-order valence-electron chi connectivity index (χ3n) is 4.91. The van der Waals surface area contributed by atoms with Crippen molar-refractivity contribution in [2.24, 2.45) is 0 Å². The van der Waals surface area contributed by atoms with Crippen LogP contribution in [0.1, 0.15) is 12.6 Å². The monoisotopic (exact) mass is 395 g/mol. The summed E-state index contributed by atoms with van der Waals surface area (Å²) in [5.74, 6) is -0.598. The maximum absolute atomic E-state index is 10.2. The number of ether oxygens (including phenoxy) is 3. The van der Waals surface area contributed by atoms with E-state index in [0.29, 0.717) is 17.0 Å². The van der Waals surface area contributed by atoms with Crippen LogP contribution in [0.3, 0.4) is 0 Å². The minimum absolute atomic E-state index is 0.0742. The fraction of sp³-hybridized carbons (Fsp3) is 0.562. The SMILES string of the molecule is COC1(CNc2ncnc3c2ncn3C2O[C@H](CO)[C@@H](O)[C@@H]2O)CC(O)=CO1. The van der Waals surface area contributed by atoms with Gasteiger partial charge in [-0.2, -0.15) is 0 Å². The zero-order valence-electron chi connectivity index (χ0n) is 15.0. The Kier molecular flexibility index (Phi) is 4.81. The predicted molar refractivity (Wildman–Crippen MR) is 93.0 cm³/mol. The van der Waals surface area contributed by atoms with Gasteiger partial charge in [0.25, 0.3) is 0 Å². The number of anilines is 1. The first kappa shape index (κ1) is 18.8. The summed E-state index contributed by atoms with van der Waals surface area (Å²) in [7, 11) is 1.47. The summed E-state index contributed by atoms with van der Waals surface area (Å²) in [6.45, 7) is -0.250. The van der Waals surface area contributed by atoms with E-state index in [4.69, 9.17) is 14.2 Å². The summed E-state index contributed by atoms with van der Waals surface area (Å²) in [6, 6.07) is 0. The molecule has 0 spiro atoms. The van der Waals surface area contributed by atoms with Crippen LogP contribution in [0.25, 0.3) is 11.2 Å². The van der Waals surface area contributed by atoms with Crippen molar-refractivity contribution in [1.82, 2.24) is 19.5 Å². The van der Waals surface area contributed by atoms with Crippen LogP contribution in [0.2, 0.25) is 0 Å². The second-order valence-electron chi connectivity index (χ2n) is 6.65. The minimum Gasteiger partial charge on any atom is -0.509 e. The van der Waals surface area contributed by atoms with E-state index in [1.165, 1.54) is 30.6 Å². The molecule has 152 valence electrons. The van der Waals surface area contributed by atoms with Crippen LogP contribution in [0.15, 0.2) is 24.7 Å². The lowest BCUT2D eigenvalue weighted by molar-refractivity contribution is -0.166. The van der Waals surface area contributed by atoms with Crippen LogP contribution in [0, 0.1) is 0 Å². The van der Waals surface area contributed by atoms with Crippen molar-refractivity contribution in [2.45, 2.75) is 36.7 Å². The minimum atomic E-state index is -1.25. The molecule has 5 atom stereocenters. The average Bonchev–Trinajstić information content (AvgIpc) is 3.38. The Morgan fingerprint density at radius 2 is 2.14 bits per heavy atom. The molecule has 2 aromatic rings. The molecule has 4 heterocycles. The van der Waals surface area contributed by atoms with Crippen molar-refractivity contribution in [3.63, 3.8) is 0 Å². The Morgan fingerprint density at radius 3 is 2.79 bits per heavy atom. The summed E-state index contributed by atoms with van der Waals surface area (Å²) in [6.07, 6.45) is -0.195. The van der Waals surface area contributed by atoms with Crippen LogP contribution in [-0.4, -0.2) is 84.3 Å². The van der Waals surface area contributed by atoms with Crippen molar-refractivity contribution in [3.05, 3.63) is 24.7 Å². The van der Waals surface area contributed by atoms with E-state index < -0.39 is 36.9 Å². The molecule has 2 aliphatic rings. The van der Waals surface area contributed by atoms with Gasteiger partial charge in [0.15, 0.2) is 23.2 Å². The Morgan fingerprint density at radius 1 is 1.32 bits per heavy atom. The van der Waals surface area contributed by atoms with Crippen molar-refractivity contribution in [1.29, 1.82) is 0 Å². The summed E-state index contributed by atoms with van der Waals surface area (Å²) in [5, 5.41) is 42.1. The number of methoxy groups -OCH3 is 1. The molecule has 4 rings (SSSR count). The van der Waals surface area contributed by atoms with Gasteiger partial charge in [0.1, 0.15) is 36.7 Å². The highest BCUT2D eigenvalue weighted by Crippen LogP contribution is 2.33. The lowest BCUT2D eigenvalue weighted by atomic mass is 10.1. The summed E-state index contributed by atoms with van der Waals surface area (Å²) in [5.41, 5.74) is 0.772. The lowest BCUT2D eigenvalue weighted by Gasteiger charge is -2.26. The van der Waals surface area contributed by atoms with Gasteiger partial charge in [-0.3, -0.25) is 4.57 Å². The zero-order chi connectivity index (χ0) is 19.9. The number of hydrogen-bond acceptors (Lipinski definition) is 11. The highest BCUT2D eigenvalue weighted by Gasteiger charge is 2.44. The largest absolute Gasteiger partial charge is 0.509 e. The van der Waals surface area contributed by atoms with Crippen molar-refractivity contribution >= 4 is 17.0 Å². The van der Waals surface area contributed by atoms with Gasteiger partial charge in [-0.15, -0.1) is 0 Å². The average molecular weight is 395 g/mol. The number of nitrogens with zero attached hydrogens (tertiary/aromatic N) is 4. The molecule has 1 fully saturated rings. The molecular formula is C16H21N5O7. The fourth-order valence-corrected chi connectivity index (χ4v) is 3.33. The van der Waals surface area contributed by atoms with Gasteiger partial charge >= 0.3 is 0 Å². The van der Waals surface area contributed by atoms with Gasteiger partial charge in [0.2, 0.25) is 5.79 Å². The topological polar surface area (TPSA) is 164 Å². The standard InChI is InChI=1S/C16H21N5O7/c1-26-16(2-8(23)4-27-16)5-17-13-10-14(19-6-18-13)21(7-20-10)15-12(25)11(24)9(3-22)28-15/h4,6-7,9,11-12,15,22-25H,2-3,5H2,1H3,(H,17,18,19)/t9-,11-,12+,15?,16?/m1/s1. The van der Waals surface area contributed by atoms with Crippen molar-refractivity contribution in [3.8, 4) is 0 Å². The molecular weight excluding hydrogens is 374 g/mol. The number of aromatic nitrogens is 4. The normalized spacial score (nSPS) is 32.5. The molecule has 2 aliphatic heterocycles. The highest BCUT2D eigenvalue weighted by atomic mass is 16.7. The van der Waals surface area contributed by atoms with E-state index in [1.807, 2.05) is 0 Å². The predicted octanol–water partition coefficient (Wildman–Crippen LogP) is -0.988. The van der Waals surface area contributed by atoms with Gasteiger partial charge < -0.3 is 40.0 Å². The molecule has 2 unspecified atom stereocenters. The van der Waals surface area contributed by atoms with Crippen molar-refractivity contribution < 1.29 is 34.6 Å². The Bertz CT molecular complexity index is 889. The van der Waals surface area contributed by atoms with Crippen LogP contribution < -0.4 is 5.32 Å². The number of imidazole rings is 1. The van der Waals surface area contributed by atoms with E-state index >= 15 is 0 Å². The van der Waals surface area contributed by atoms with Crippen LogP contribution in [-0.2, 0) is 14.2 Å². The second-order valence-corrected chi connectivity index (χ2v) is 6.65. The Labute approximate surface area is 159 Å². The first-order valence-corrected chi connectivity index (χ1v) is 8.63. The number of nitrogens with one attached hydrogen (secondary N) is 1. The molecule has 2 aromatic heterocycles. The third-order valence-corrected chi connectivity index (χ3v) is 4.91. The smallest absolute Gasteiger partial charge is 0.234 e. The molecule has 0 radical (unpaired) electrons. The fourth-order valence-electron chi connectivity index (χ4n) is 3.33. The molecule has 28 heavy (non-hydrogen) atoms. The van der Waals surface area contributed by atoms with Gasteiger partial charge in [-0.05, 0) is 0 Å². The zero-order valence-corrected chi connectivity index (χ0v) is 15.0. The summed E-state index contributed by atoms with van der Waals surface area (Å²) < 4.78 is 17.8. The summed E-state index contributed by atoms with van der Waals surface area (Å²) in [4.78, 5) is 12.6. The van der Waals surface area contributed by atoms with E-state index in [9.17, 15) is 20.4 Å². The number of aliphatic hydroxyl groups is 4.